The first-order valence-corrected chi connectivity index (χ1v) is 10.3. The van der Waals surface area contributed by atoms with Gasteiger partial charge in [0.2, 0.25) is 5.91 Å². The summed E-state index contributed by atoms with van der Waals surface area (Å²) in [5.74, 6) is -0.514. The van der Waals surface area contributed by atoms with Crippen LogP contribution in [-0.2, 0) is 19.4 Å². The predicted octanol–water partition coefficient (Wildman–Crippen LogP) is 1.48. The highest BCUT2D eigenvalue weighted by atomic mass is 32.2. The van der Waals surface area contributed by atoms with E-state index >= 15 is 0 Å². The van der Waals surface area contributed by atoms with E-state index in [1.807, 2.05) is 0 Å². The van der Waals surface area contributed by atoms with E-state index in [0.29, 0.717) is 42.6 Å². The Bertz CT molecular complexity index is 669. The summed E-state index contributed by atoms with van der Waals surface area (Å²) in [6, 6.07) is 6.96. The molecule has 1 aromatic carbocycles. The zero-order chi connectivity index (χ0) is 19.0. The van der Waals surface area contributed by atoms with Crippen molar-refractivity contribution in [2.75, 3.05) is 38.6 Å². The lowest BCUT2D eigenvalue weighted by Crippen LogP contribution is -2.39. The molecule has 1 aliphatic heterocycles. The Balaban J connectivity index is 1.72. The molecule has 26 heavy (non-hydrogen) atoms. The molecule has 1 saturated heterocycles. The van der Waals surface area contributed by atoms with Crippen molar-refractivity contribution in [3.05, 3.63) is 24.3 Å². The number of benzene rings is 1. The molecule has 0 unspecified atom stereocenters. The van der Waals surface area contributed by atoms with Gasteiger partial charge in [-0.3, -0.25) is 10.0 Å². The van der Waals surface area contributed by atoms with Crippen molar-refractivity contribution in [3.8, 4) is 11.5 Å². The van der Waals surface area contributed by atoms with Crippen LogP contribution in [0.5, 0.6) is 11.5 Å². The summed E-state index contributed by atoms with van der Waals surface area (Å²) in [7, 11) is -2.04. The predicted molar refractivity (Wildman–Crippen MR) is 93.9 cm³/mol. The Hall–Kier alpha value is -1.84. The number of nitrogens with zero attached hydrogens (tertiary/aromatic N) is 1. The number of carbonyl (C=O) groups is 1. The lowest BCUT2D eigenvalue weighted by molar-refractivity contribution is -0.169. The number of hydrogen-bond donors (Lipinski definition) is 1. The average molecular weight is 387 g/mol. The van der Waals surface area contributed by atoms with Crippen LogP contribution in [0.3, 0.4) is 0 Å². The molecule has 1 aromatic rings. The van der Waals surface area contributed by atoms with Crippen molar-refractivity contribution in [1.82, 2.24) is 5.06 Å². The Kier molecular flexibility index (Phi) is 7.67. The van der Waals surface area contributed by atoms with E-state index in [0.717, 1.165) is 0 Å². The summed E-state index contributed by atoms with van der Waals surface area (Å²) >= 11 is 0. The summed E-state index contributed by atoms with van der Waals surface area (Å²) in [5, 5.41) is 10.1. The van der Waals surface area contributed by atoms with Crippen molar-refractivity contribution in [2.24, 2.45) is 5.92 Å². The smallest absolute Gasteiger partial charge is 0.250 e. The van der Waals surface area contributed by atoms with Crippen molar-refractivity contribution < 1.29 is 32.6 Å². The van der Waals surface area contributed by atoms with Gasteiger partial charge in [-0.25, -0.2) is 13.5 Å². The van der Waals surface area contributed by atoms with Crippen LogP contribution < -0.4 is 9.47 Å². The molecule has 1 fully saturated rings. The van der Waals surface area contributed by atoms with E-state index in [4.69, 9.17) is 14.2 Å². The SMILES string of the molecule is COc1ccc(OCCCS(=O)(=O)CN(O)C(=O)C2CCOCC2)cc1. The number of hydroxylamine groups is 2. The highest BCUT2D eigenvalue weighted by Gasteiger charge is 2.28. The Labute approximate surface area is 153 Å². The molecular weight excluding hydrogens is 362 g/mol. The molecular formula is C17H25NO7S. The second kappa shape index (κ2) is 9.75. The lowest BCUT2D eigenvalue weighted by atomic mass is 10.00. The van der Waals surface area contributed by atoms with Gasteiger partial charge in [-0.15, -0.1) is 0 Å². The molecule has 0 aromatic heterocycles. The lowest BCUT2D eigenvalue weighted by Gasteiger charge is -2.24. The normalized spacial score (nSPS) is 15.5. The third-order valence-corrected chi connectivity index (χ3v) is 5.62. The highest BCUT2D eigenvalue weighted by molar-refractivity contribution is 7.91. The first kappa shape index (κ1) is 20.5. The molecule has 0 atom stereocenters. The van der Waals surface area contributed by atoms with Crippen LogP contribution in [0.2, 0.25) is 0 Å². The van der Waals surface area contributed by atoms with E-state index in [-0.39, 0.29) is 24.7 Å². The van der Waals surface area contributed by atoms with Crippen LogP contribution in [0.15, 0.2) is 24.3 Å². The fraction of sp³-hybridized carbons (Fsp3) is 0.588. The van der Waals surface area contributed by atoms with Gasteiger partial charge in [-0.2, -0.15) is 0 Å². The monoisotopic (exact) mass is 387 g/mol. The molecule has 1 amide bonds. The minimum atomic E-state index is -3.61. The second-order valence-electron chi connectivity index (χ2n) is 6.08. The molecule has 0 bridgehead atoms. The first-order valence-electron chi connectivity index (χ1n) is 8.46. The summed E-state index contributed by atoms with van der Waals surface area (Å²) < 4.78 is 39.8. The Morgan fingerprint density at radius 3 is 2.46 bits per heavy atom. The van der Waals surface area contributed by atoms with Gasteiger partial charge in [0.1, 0.15) is 17.4 Å². The Morgan fingerprint density at radius 1 is 1.23 bits per heavy atom. The van der Waals surface area contributed by atoms with Gasteiger partial charge in [0.05, 0.1) is 19.5 Å². The van der Waals surface area contributed by atoms with Gasteiger partial charge >= 0.3 is 0 Å². The molecule has 0 radical (unpaired) electrons. The zero-order valence-electron chi connectivity index (χ0n) is 14.8. The van der Waals surface area contributed by atoms with Crippen LogP contribution in [0, 0.1) is 5.92 Å². The minimum absolute atomic E-state index is 0.179. The molecule has 2 rings (SSSR count). The highest BCUT2D eigenvalue weighted by Crippen LogP contribution is 2.18. The molecule has 8 nitrogen and oxygen atoms in total. The molecule has 1 heterocycles. The molecule has 9 heteroatoms. The van der Waals surface area contributed by atoms with Gasteiger partial charge in [0.15, 0.2) is 9.84 Å². The third-order valence-electron chi connectivity index (χ3n) is 4.07. The first-order chi connectivity index (χ1) is 12.4. The standard InChI is InChI=1S/C17H25NO7S/c1-23-15-3-5-16(6-4-15)25-9-2-12-26(21,22)13-18(20)17(19)14-7-10-24-11-8-14/h3-6,14,20H,2,7-13H2,1H3. The number of carbonyl (C=O) groups excluding carboxylic acids is 1. The average Bonchev–Trinajstić information content (AvgIpc) is 2.65. The fourth-order valence-electron chi connectivity index (χ4n) is 2.61. The van der Waals surface area contributed by atoms with Crippen LogP contribution >= 0.6 is 0 Å². The third kappa shape index (κ3) is 6.47. The largest absolute Gasteiger partial charge is 0.497 e. The molecule has 1 N–H and O–H groups in total. The summed E-state index contributed by atoms with van der Waals surface area (Å²) in [6.45, 7) is 1.10. The van der Waals surface area contributed by atoms with Crippen LogP contribution in [0.1, 0.15) is 19.3 Å². The minimum Gasteiger partial charge on any atom is -0.497 e. The van der Waals surface area contributed by atoms with Crippen molar-refractivity contribution in [3.63, 3.8) is 0 Å². The van der Waals surface area contributed by atoms with E-state index in [2.05, 4.69) is 0 Å². The number of ether oxygens (including phenoxy) is 3. The maximum atomic E-state index is 12.1. The van der Waals surface area contributed by atoms with Crippen molar-refractivity contribution in [2.45, 2.75) is 19.3 Å². The molecule has 1 aliphatic rings. The van der Waals surface area contributed by atoms with Crippen LogP contribution in [0.25, 0.3) is 0 Å². The molecule has 0 aliphatic carbocycles. The van der Waals surface area contributed by atoms with Gasteiger partial charge in [0.25, 0.3) is 0 Å². The van der Waals surface area contributed by atoms with Gasteiger partial charge in [0, 0.05) is 19.1 Å². The van der Waals surface area contributed by atoms with Crippen molar-refractivity contribution >= 4 is 15.7 Å². The van der Waals surface area contributed by atoms with Crippen LogP contribution in [0.4, 0.5) is 0 Å². The molecule has 146 valence electrons. The Morgan fingerprint density at radius 2 is 1.85 bits per heavy atom. The van der Waals surface area contributed by atoms with Crippen molar-refractivity contribution in [1.29, 1.82) is 0 Å². The van der Waals surface area contributed by atoms with E-state index in [1.54, 1.807) is 31.4 Å². The fourth-order valence-corrected chi connectivity index (χ4v) is 3.80. The second-order valence-corrected chi connectivity index (χ2v) is 8.23. The van der Waals surface area contributed by atoms with Crippen LogP contribution in [-0.4, -0.2) is 63.2 Å². The van der Waals surface area contributed by atoms with Gasteiger partial charge in [-0.1, -0.05) is 0 Å². The zero-order valence-corrected chi connectivity index (χ0v) is 15.6. The maximum Gasteiger partial charge on any atom is 0.250 e. The number of sulfone groups is 1. The van der Waals surface area contributed by atoms with Gasteiger partial charge in [-0.05, 0) is 43.5 Å². The number of rotatable bonds is 9. The molecule has 0 spiro atoms. The quantitative estimate of drug-likeness (QED) is 0.389. The number of amides is 1. The van der Waals surface area contributed by atoms with E-state index in [9.17, 15) is 18.4 Å². The molecule has 0 saturated carbocycles. The number of hydrogen-bond acceptors (Lipinski definition) is 7. The summed E-state index contributed by atoms with van der Waals surface area (Å²) in [6.07, 6.45) is 1.24. The van der Waals surface area contributed by atoms with E-state index in [1.165, 1.54) is 0 Å². The topological polar surface area (TPSA) is 102 Å². The maximum absolute atomic E-state index is 12.1. The summed E-state index contributed by atoms with van der Waals surface area (Å²) in [5.41, 5.74) is 0. The van der Waals surface area contributed by atoms with E-state index < -0.39 is 21.6 Å². The summed E-state index contributed by atoms with van der Waals surface area (Å²) in [4.78, 5) is 12.1. The number of methoxy groups -OCH3 is 1. The van der Waals surface area contributed by atoms with Gasteiger partial charge < -0.3 is 14.2 Å².